The molecule has 0 aliphatic rings. The molecule has 28 heavy (non-hydrogen) atoms. The second-order valence-corrected chi connectivity index (χ2v) is 7.24. The van der Waals surface area contributed by atoms with Crippen molar-refractivity contribution in [2.24, 2.45) is 0 Å². The van der Waals surface area contributed by atoms with Gasteiger partial charge in [0.2, 0.25) is 5.88 Å². The first-order valence-electron chi connectivity index (χ1n) is 8.13. The van der Waals surface area contributed by atoms with Gasteiger partial charge in [0.05, 0.1) is 27.3 Å². The van der Waals surface area contributed by atoms with Gasteiger partial charge in [-0.15, -0.1) is 0 Å². The minimum atomic E-state index is 0.119. The molecule has 0 atom stereocenters. The summed E-state index contributed by atoms with van der Waals surface area (Å²) >= 11 is 23.5. The Balaban J connectivity index is 1.54. The summed E-state index contributed by atoms with van der Waals surface area (Å²) in [5.41, 5.74) is 1.56. The van der Waals surface area contributed by atoms with E-state index in [1.165, 1.54) is 6.08 Å². The predicted octanol–water partition coefficient (Wildman–Crippen LogP) is 6.09. The first-order valence-corrected chi connectivity index (χ1v) is 9.64. The van der Waals surface area contributed by atoms with Crippen molar-refractivity contribution < 1.29 is 14.2 Å². The van der Waals surface area contributed by atoms with E-state index in [4.69, 9.17) is 60.6 Å². The van der Waals surface area contributed by atoms with Crippen LogP contribution in [0, 0.1) is 0 Å². The fourth-order valence-electron chi connectivity index (χ4n) is 2.26. The van der Waals surface area contributed by atoms with Crippen LogP contribution in [-0.2, 0) is 0 Å². The Bertz CT molecular complexity index is 971. The maximum atomic E-state index is 6.22. The zero-order valence-corrected chi connectivity index (χ0v) is 17.4. The van der Waals surface area contributed by atoms with Crippen LogP contribution in [0.25, 0.3) is 11.0 Å². The number of nitrogens with zero attached hydrogens (tertiary/aromatic N) is 2. The van der Waals surface area contributed by atoms with Gasteiger partial charge in [-0.05, 0) is 18.2 Å². The maximum absolute atomic E-state index is 6.22. The van der Waals surface area contributed by atoms with Crippen molar-refractivity contribution in [3.8, 4) is 17.4 Å². The highest BCUT2D eigenvalue weighted by atomic mass is 35.5. The van der Waals surface area contributed by atoms with Crippen molar-refractivity contribution in [2.45, 2.75) is 0 Å². The molecule has 1 aromatic heterocycles. The molecule has 0 saturated heterocycles. The fraction of sp³-hybridized carbons (Fsp3) is 0.158. The zero-order valence-electron chi connectivity index (χ0n) is 14.4. The van der Waals surface area contributed by atoms with Crippen LogP contribution in [-0.4, -0.2) is 29.8 Å². The van der Waals surface area contributed by atoms with E-state index in [-0.39, 0.29) is 24.3 Å². The van der Waals surface area contributed by atoms with Gasteiger partial charge in [-0.2, -0.15) is 0 Å². The number of hydrogen-bond donors (Lipinski definition) is 0. The molecule has 0 radical (unpaired) electrons. The van der Waals surface area contributed by atoms with E-state index in [0.29, 0.717) is 27.4 Å². The van der Waals surface area contributed by atoms with Gasteiger partial charge < -0.3 is 14.2 Å². The van der Waals surface area contributed by atoms with Crippen molar-refractivity contribution in [3.05, 3.63) is 63.2 Å². The number of fused-ring (bicyclic) bond motifs is 1. The Labute approximate surface area is 181 Å². The summed E-state index contributed by atoms with van der Waals surface area (Å²) < 4.78 is 16.8. The minimum Gasteiger partial charge on any atom is -0.489 e. The van der Waals surface area contributed by atoms with Crippen molar-refractivity contribution in [1.29, 1.82) is 0 Å². The SMILES string of the molecule is ClC(Cl)=CCOc1cc(Cl)c(OCCOc2cnc3ccccc3n2)c(Cl)c1. The van der Waals surface area contributed by atoms with Gasteiger partial charge in [-0.25, -0.2) is 9.97 Å². The quantitative estimate of drug-likeness (QED) is 0.381. The van der Waals surface area contributed by atoms with Gasteiger partial charge in [-0.1, -0.05) is 58.5 Å². The van der Waals surface area contributed by atoms with E-state index in [1.807, 2.05) is 24.3 Å². The number of rotatable bonds is 8. The first kappa shape index (κ1) is 20.8. The summed E-state index contributed by atoms with van der Waals surface area (Å²) in [4.78, 5) is 8.66. The van der Waals surface area contributed by atoms with E-state index in [2.05, 4.69) is 9.97 Å². The van der Waals surface area contributed by atoms with Crippen molar-refractivity contribution in [2.75, 3.05) is 19.8 Å². The third-order valence-electron chi connectivity index (χ3n) is 3.47. The molecular formula is C19H14Cl4N2O3. The van der Waals surface area contributed by atoms with Crippen LogP contribution in [0.1, 0.15) is 0 Å². The van der Waals surface area contributed by atoms with E-state index in [9.17, 15) is 0 Å². The van der Waals surface area contributed by atoms with E-state index >= 15 is 0 Å². The number of para-hydroxylation sites is 2. The Kier molecular flexibility index (Phi) is 7.45. The third-order valence-corrected chi connectivity index (χ3v) is 4.34. The van der Waals surface area contributed by atoms with Gasteiger partial charge in [0.1, 0.15) is 30.1 Å². The van der Waals surface area contributed by atoms with Gasteiger partial charge in [0.25, 0.3) is 0 Å². The normalized spacial score (nSPS) is 10.6. The van der Waals surface area contributed by atoms with E-state index < -0.39 is 0 Å². The number of halogens is 4. The number of benzene rings is 2. The molecule has 0 fully saturated rings. The Morgan fingerprint density at radius 1 is 0.929 bits per heavy atom. The molecule has 0 N–H and O–H groups in total. The predicted molar refractivity (Wildman–Crippen MR) is 112 cm³/mol. The molecule has 2 aromatic carbocycles. The van der Waals surface area contributed by atoms with Crippen LogP contribution in [0.5, 0.6) is 17.4 Å². The second kappa shape index (κ2) is 10.0. The van der Waals surface area contributed by atoms with Crippen molar-refractivity contribution in [3.63, 3.8) is 0 Å². The highest BCUT2D eigenvalue weighted by Crippen LogP contribution is 2.37. The molecule has 3 aromatic rings. The van der Waals surface area contributed by atoms with Crippen molar-refractivity contribution >= 4 is 57.4 Å². The average Bonchev–Trinajstić information content (AvgIpc) is 2.66. The number of ether oxygens (including phenoxy) is 3. The van der Waals surface area contributed by atoms with Crippen LogP contribution in [0.3, 0.4) is 0 Å². The van der Waals surface area contributed by atoms with Crippen LogP contribution < -0.4 is 14.2 Å². The first-order chi connectivity index (χ1) is 13.5. The maximum Gasteiger partial charge on any atom is 0.233 e. The van der Waals surface area contributed by atoms with Crippen LogP contribution in [0.15, 0.2) is 53.2 Å². The summed E-state index contributed by atoms with van der Waals surface area (Å²) in [5, 5.41) is 0.628. The average molecular weight is 460 g/mol. The lowest BCUT2D eigenvalue weighted by Crippen LogP contribution is -2.10. The standard InChI is InChI=1S/C19H14Cl4N2O3/c20-13-9-12(26-6-5-17(22)23)10-14(21)19(13)28-8-7-27-18-11-24-15-3-1-2-4-16(15)25-18/h1-5,9-11H,6-8H2. The molecule has 0 amide bonds. The number of hydrogen-bond acceptors (Lipinski definition) is 5. The van der Waals surface area contributed by atoms with Crippen LogP contribution >= 0.6 is 46.4 Å². The Hall–Kier alpha value is -1.92. The van der Waals surface area contributed by atoms with Gasteiger partial charge >= 0.3 is 0 Å². The Morgan fingerprint density at radius 3 is 2.32 bits per heavy atom. The molecule has 0 bridgehead atoms. The fourth-order valence-corrected chi connectivity index (χ4v) is 2.96. The smallest absolute Gasteiger partial charge is 0.233 e. The van der Waals surface area contributed by atoms with Crippen LogP contribution in [0.4, 0.5) is 0 Å². The minimum absolute atomic E-state index is 0.119. The lowest BCUT2D eigenvalue weighted by atomic mass is 10.3. The van der Waals surface area contributed by atoms with Crippen LogP contribution in [0.2, 0.25) is 10.0 Å². The third kappa shape index (κ3) is 5.79. The lowest BCUT2D eigenvalue weighted by Gasteiger charge is -2.12. The molecule has 5 nitrogen and oxygen atoms in total. The molecule has 1 heterocycles. The van der Waals surface area contributed by atoms with Gasteiger partial charge in [0, 0.05) is 12.1 Å². The number of aromatic nitrogens is 2. The lowest BCUT2D eigenvalue weighted by molar-refractivity contribution is 0.212. The zero-order chi connectivity index (χ0) is 19.9. The monoisotopic (exact) mass is 458 g/mol. The molecule has 0 spiro atoms. The molecule has 9 heteroatoms. The highest BCUT2D eigenvalue weighted by molar-refractivity contribution is 6.55. The molecule has 146 valence electrons. The molecule has 0 unspecified atom stereocenters. The van der Waals surface area contributed by atoms with E-state index in [1.54, 1.807) is 18.3 Å². The molecule has 0 saturated carbocycles. The van der Waals surface area contributed by atoms with Gasteiger partial charge in [0.15, 0.2) is 5.75 Å². The molecule has 0 aliphatic carbocycles. The molecule has 3 rings (SSSR count). The largest absolute Gasteiger partial charge is 0.489 e. The summed E-state index contributed by atoms with van der Waals surface area (Å²) in [7, 11) is 0. The van der Waals surface area contributed by atoms with Crippen molar-refractivity contribution in [1.82, 2.24) is 9.97 Å². The van der Waals surface area contributed by atoms with E-state index in [0.717, 1.165) is 11.0 Å². The second-order valence-electron chi connectivity index (χ2n) is 5.41. The summed E-state index contributed by atoms with van der Waals surface area (Å²) in [5.74, 6) is 1.22. The Morgan fingerprint density at radius 2 is 1.61 bits per heavy atom. The summed E-state index contributed by atoms with van der Waals surface area (Å²) in [6.07, 6.45) is 3.07. The molecule has 0 aliphatic heterocycles. The topological polar surface area (TPSA) is 53.5 Å². The summed E-state index contributed by atoms with van der Waals surface area (Å²) in [6.45, 7) is 0.658. The molecular weight excluding hydrogens is 446 g/mol. The highest BCUT2D eigenvalue weighted by Gasteiger charge is 2.11. The van der Waals surface area contributed by atoms with Gasteiger partial charge in [-0.3, -0.25) is 0 Å². The summed E-state index contributed by atoms with van der Waals surface area (Å²) in [6, 6.07) is 10.7.